The summed E-state index contributed by atoms with van der Waals surface area (Å²) in [5.41, 5.74) is 0.925. The van der Waals surface area contributed by atoms with Gasteiger partial charge in [-0.2, -0.15) is 0 Å². The molecule has 17 heavy (non-hydrogen) atoms. The molecule has 0 aliphatic rings. The molecule has 0 radical (unpaired) electrons. The number of aliphatic hydroxyl groups is 1. The normalized spacial score (nSPS) is 10.2. The molecule has 1 N–H and O–H groups in total. The Balaban J connectivity index is 2.19. The molecular formula is C14H14O2S. The van der Waals surface area contributed by atoms with Crippen molar-refractivity contribution in [2.24, 2.45) is 0 Å². The Labute approximate surface area is 105 Å². The molecule has 2 aromatic rings. The van der Waals surface area contributed by atoms with E-state index in [2.05, 4.69) is 0 Å². The first-order valence-corrected chi connectivity index (χ1v) is 6.16. The third-order valence-corrected chi connectivity index (χ3v) is 3.47. The molecule has 88 valence electrons. The third kappa shape index (κ3) is 3.02. The number of aliphatic hydroxyl groups excluding tert-OH is 1. The summed E-state index contributed by atoms with van der Waals surface area (Å²) in [6.07, 6.45) is 0. The molecule has 2 aromatic carbocycles. The molecule has 2 rings (SSSR count). The zero-order valence-corrected chi connectivity index (χ0v) is 10.4. The number of hydrogen-bond acceptors (Lipinski definition) is 3. The highest BCUT2D eigenvalue weighted by Crippen LogP contribution is 2.34. The molecule has 3 heteroatoms. The predicted octanol–water partition coefficient (Wildman–Crippen LogP) is 3.34. The van der Waals surface area contributed by atoms with E-state index in [0.717, 1.165) is 21.1 Å². The van der Waals surface area contributed by atoms with Gasteiger partial charge < -0.3 is 9.84 Å². The first-order valence-electron chi connectivity index (χ1n) is 5.34. The summed E-state index contributed by atoms with van der Waals surface area (Å²) in [5, 5.41) is 8.97. The first kappa shape index (κ1) is 12.0. The second-order valence-corrected chi connectivity index (χ2v) is 4.67. The molecular weight excluding hydrogens is 232 g/mol. The number of ether oxygens (including phenoxy) is 1. The van der Waals surface area contributed by atoms with Crippen molar-refractivity contribution >= 4 is 11.8 Å². The predicted molar refractivity (Wildman–Crippen MR) is 69.5 cm³/mol. The van der Waals surface area contributed by atoms with Crippen LogP contribution in [-0.4, -0.2) is 12.2 Å². The lowest BCUT2D eigenvalue weighted by molar-refractivity contribution is 0.282. The maximum absolute atomic E-state index is 8.97. The summed E-state index contributed by atoms with van der Waals surface area (Å²) >= 11 is 1.65. The Hall–Kier alpha value is -1.45. The molecule has 2 nitrogen and oxygen atoms in total. The van der Waals surface area contributed by atoms with E-state index in [1.807, 2.05) is 48.5 Å². The van der Waals surface area contributed by atoms with Crippen molar-refractivity contribution in [2.75, 3.05) is 7.11 Å². The molecule has 0 unspecified atom stereocenters. The van der Waals surface area contributed by atoms with Crippen LogP contribution in [0.25, 0.3) is 0 Å². The highest BCUT2D eigenvalue weighted by atomic mass is 32.2. The summed E-state index contributed by atoms with van der Waals surface area (Å²) < 4.78 is 5.30. The largest absolute Gasteiger partial charge is 0.496 e. The van der Waals surface area contributed by atoms with E-state index in [-0.39, 0.29) is 6.61 Å². The van der Waals surface area contributed by atoms with Crippen molar-refractivity contribution in [3.63, 3.8) is 0 Å². The van der Waals surface area contributed by atoms with Crippen LogP contribution in [0.2, 0.25) is 0 Å². The van der Waals surface area contributed by atoms with Crippen LogP contribution in [0.3, 0.4) is 0 Å². The average Bonchev–Trinajstić information content (AvgIpc) is 2.40. The maximum atomic E-state index is 8.97. The van der Waals surface area contributed by atoms with E-state index in [1.54, 1.807) is 18.9 Å². The minimum atomic E-state index is 0.0829. The van der Waals surface area contributed by atoms with Crippen LogP contribution in [0.15, 0.2) is 58.3 Å². The number of para-hydroxylation sites is 1. The van der Waals surface area contributed by atoms with Gasteiger partial charge in [0.15, 0.2) is 0 Å². The minimum Gasteiger partial charge on any atom is -0.496 e. The number of rotatable bonds is 4. The molecule has 0 bridgehead atoms. The quantitative estimate of drug-likeness (QED) is 0.897. The van der Waals surface area contributed by atoms with Gasteiger partial charge in [-0.1, -0.05) is 36.0 Å². The van der Waals surface area contributed by atoms with Crippen LogP contribution in [0, 0.1) is 0 Å². The summed E-state index contributed by atoms with van der Waals surface area (Å²) in [5.74, 6) is 0.878. The van der Waals surface area contributed by atoms with Crippen LogP contribution in [-0.2, 0) is 6.61 Å². The Morgan fingerprint density at radius 2 is 1.76 bits per heavy atom. The number of methoxy groups -OCH3 is 1. The monoisotopic (exact) mass is 246 g/mol. The van der Waals surface area contributed by atoms with Crippen molar-refractivity contribution in [3.05, 3.63) is 54.1 Å². The molecule has 0 aliphatic heterocycles. The number of benzene rings is 2. The molecule has 0 aromatic heterocycles. The van der Waals surface area contributed by atoms with E-state index >= 15 is 0 Å². The van der Waals surface area contributed by atoms with Gasteiger partial charge in [-0.05, 0) is 29.8 Å². The SMILES string of the molecule is COc1ccccc1Sc1ccc(CO)cc1. The highest BCUT2D eigenvalue weighted by Gasteiger charge is 2.03. The van der Waals surface area contributed by atoms with Crippen molar-refractivity contribution in [1.82, 2.24) is 0 Å². The third-order valence-electron chi connectivity index (χ3n) is 2.40. The Morgan fingerprint density at radius 3 is 2.41 bits per heavy atom. The fraction of sp³-hybridized carbons (Fsp3) is 0.143. The van der Waals surface area contributed by atoms with Crippen LogP contribution in [0.1, 0.15) is 5.56 Å². The van der Waals surface area contributed by atoms with Crippen molar-refractivity contribution in [2.45, 2.75) is 16.4 Å². The van der Waals surface area contributed by atoms with Gasteiger partial charge in [0.2, 0.25) is 0 Å². The fourth-order valence-corrected chi connectivity index (χ4v) is 2.42. The topological polar surface area (TPSA) is 29.5 Å². The van der Waals surface area contributed by atoms with Crippen molar-refractivity contribution in [1.29, 1.82) is 0 Å². The van der Waals surface area contributed by atoms with E-state index in [1.165, 1.54) is 0 Å². The van der Waals surface area contributed by atoms with Gasteiger partial charge in [-0.3, -0.25) is 0 Å². The van der Waals surface area contributed by atoms with Gasteiger partial charge in [0.25, 0.3) is 0 Å². The average molecular weight is 246 g/mol. The van der Waals surface area contributed by atoms with Gasteiger partial charge in [0.05, 0.1) is 18.6 Å². The van der Waals surface area contributed by atoms with E-state index in [9.17, 15) is 0 Å². The smallest absolute Gasteiger partial charge is 0.132 e. The molecule has 0 amide bonds. The lowest BCUT2D eigenvalue weighted by atomic mass is 10.2. The summed E-state index contributed by atoms with van der Waals surface area (Å²) in [6, 6.07) is 15.8. The van der Waals surface area contributed by atoms with Crippen LogP contribution >= 0.6 is 11.8 Å². The van der Waals surface area contributed by atoms with Crippen molar-refractivity contribution in [3.8, 4) is 5.75 Å². The number of hydrogen-bond donors (Lipinski definition) is 1. The summed E-state index contributed by atoms with van der Waals surface area (Å²) in [4.78, 5) is 2.22. The molecule has 0 aliphatic carbocycles. The van der Waals surface area contributed by atoms with Gasteiger partial charge >= 0.3 is 0 Å². The highest BCUT2D eigenvalue weighted by molar-refractivity contribution is 7.99. The molecule has 0 fully saturated rings. The molecule has 0 heterocycles. The zero-order chi connectivity index (χ0) is 12.1. The Kier molecular flexibility index (Phi) is 4.07. The molecule has 0 saturated carbocycles. The minimum absolute atomic E-state index is 0.0829. The van der Waals surface area contributed by atoms with Gasteiger partial charge in [-0.25, -0.2) is 0 Å². The maximum Gasteiger partial charge on any atom is 0.132 e. The van der Waals surface area contributed by atoms with E-state index in [0.29, 0.717) is 0 Å². The van der Waals surface area contributed by atoms with Crippen molar-refractivity contribution < 1.29 is 9.84 Å². The fourth-order valence-electron chi connectivity index (χ4n) is 1.49. The first-order chi connectivity index (χ1) is 8.33. The van der Waals surface area contributed by atoms with Crippen LogP contribution in [0.5, 0.6) is 5.75 Å². The zero-order valence-electron chi connectivity index (χ0n) is 9.59. The van der Waals surface area contributed by atoms with Crippen LogP contribution in [0.4, 0.5) is 0 Å². The van der Waals surface area contributed by atoms with E-state index in [4.69, 9.17) is 9.84 Å². The summed E-state index contributed by atoms with van der Waals surface area (Å²) in [6.45, 7) is 0.0829. The van der Waals surface area contributed by atoms with Gasteiger partial charge in [0.1, 0.15) is 5.75 Å². The van der Waals surface area contributed by atoms with Gasteiger partial charge in [0, 0.05) is 4.90 Å². The van der Waals surface area contributed by atoms with E-state index < -0.39 is 0 Å². The Bertz CT molecular complexity index is 480. The second-order valence-electron chi connectivity index (χ2n) is 3.55. The second kappa shape index (κ2) is 5.75. The lowest BCUT2D eigenvalue weighted by Gasteiger charge is -2.07. The standard InChI is InChI=1S/C14H14O2S/c1-16-13-4-2-3-5-14(13)17-12-8-6-11(10-15)7-9-12/h2-9,15H,10H2,1H3. The van der Waals surface area contributed by atoms with Gasteiger partial charge in [-0.15, -0.1) is 0 Å². The molecule has 0 saturated heterocycles. The summed E-state index contributed by atoms with van der Waals surface area (Å²) in [7, 11) is 1.67. The Morgan fingerprint density at radius 1 is 1.06 bits per heavy atom. The molecule has 0 atom stereocenters. The molecule has 0 spiro atoms. The van der Waals surface area contributed by atoms with Crippen LogP contribution < -0.4 is 4.74 Å². The lowest BCUT2D eigenvalue weighted by Crippen LogP contribution is -1.86.